The number of fused-ring (bicyclic) bond motifs is 1. The van der Waals surface area contributed by atoms with Gasteiger partial charge in [0.2, 0.25) is 10.1 Å². The van der Waals surface area contributed by atoms with E-state index < -0.39 is 0 Å². The van der Waals surface area contributed by atoms with Gasteiger partial charge in [-0.15, -0.1) is 5.10 Å². The van der Waals surface area contributed by atoms with Crippen LogP contribution in [0.25, 0.3) is 4.96 Å². The van der Waals surface area contributed by atoms with Gasteiger partial charge in [0.25, 0.3) is 0 Å². The highest BCUT2D eigenvalue weighted by molar-refractivity contribution is 7.20. The van der Waals surface area contributed by atoms with Crippen molar-refractivity contribution >= 4 is 21.4 Å². The molecule has 0 amide bonds. The predicted octanol–water partition coefficient (Wildman–Crippen LogP) is 3.81. The Morgan fingerprint density at radius 1 is 1.31 bits per heavy atom. The summed E-state index contributed by atoms with van der Waals surface area (Å²) in [6, 6.07) is 8.41. The van der Waals surface area contributed by atoms with Crippen molar-refractivity contribution in [3.8, 4) is 5.75 Å². The number of nitrogens with zero attached hydrogens (tertiary/aromatic N) is 4. The van der Waals surface area contributed by atoms with Crippen LogP contribution in [-0.4, -0.2) is 47.2 Å². The number of hydrogen-bond donors (Lipinski definition) is 1. The quantitative estimate of drug-likeness (QED) is 0.712. The lowest BCUT2D eigenvalue weighted by Gasteiger charge is -2.25. The zero-order valence-corrected chi connectivity index (χ0v) is 17.1. The third kappa shape index (κ3) is 3.99. The average molecular weight is 374 g/mol. The highest BCUT2D eigenvalue weighted by atomic mass is 32.1. The van der Waals surface area contributed by atoms with E-state index >= 15 is 0 Å². The number of anilines is 1. The minimum atomic E-state index is 0.0311. The van der Waals surface area contributed by atoms with E-state index in [0.29, 0.717) is 0 Å². The third-order valence-electron chi connectivity index (χ3n) is 4.36. The van der Waals surface area contributed by atoms with Crippen LogP contribution in [0.4, 0.5) is 5.13 Å². The molecule has 0 bridgehead atoms. The predicted molar refractivity (Wildman–Crippen MR) is 107 cm³/mol. The van der Waals surface area contributed by atoms with E-state index in [0.717, 1.165) is 28.1 Å². The number of aromatic nitrogens is 3. The van der Waals surface area contributed by atoms with Gasteiger partial charge in [0.05, 0.1) is 25.0 Å². The first-order valence-electron chi connectivity index (χ1n) is 8.69. The average Bonchev–Trinajstić information content (AvgIpc) is 3.13. The number of ether oxygens (including phenoxy) is 1. The standard InChI is InChI=1S/C19H27N5OS/c1-19(2,3)16-12-24-18(21-16)26-17(22-24)20-11-15(23(4)5)13-8-7-9-14(10-13)25-6/h7-10,12,15H,11H2,1-6H3,(H,20,22). The van der Waals surface area contributed by atoms with E-state index in [4.69, 9.17) is 9.72 Å². The number of methoxy groups -OCH3 is 1. The molecule has 0 aliphatic carbocycles. The summed E-state index contributed by atoms with van der Waals surface area (Å²) in [5.41, 5.74) is 2.30. The molecular formula is C19H27N5OS. The van der Waals surface area contributed by atoms with Crippen LogP contribution < -0.4 is 10.1 Å². The van der Waals surface area contributed by atoms with Crippen LogP contribution in [0, 0.1) is 0 Å². The van der Waals surface area contributed by atoms with Crippen LogP contribution >= 0.6 is 11.3 Å². The Labute approximate surface area is 158 Å². The van der Waals surface area contributed by atoms with Crippen molar-refractivity contribution in [2.45, 2.75) is 32.2 Å². The Balaban J connectivity index is 1.75. The molecule has 0 fully saturated rings. The fourth-order valence-corrected chi connectivity index (χ4v) is 3.55. The summed E-state index contributed by atoms with van der Waals surface area (Å²) in [4.78, 5) is 7.81. The van der Waals surface area contributed by atoms with Crippen LogP contribution in [0.15, 0.2) is 30.5 Å². The molecule has 0 aliphatic rings. The lowest BCUT2D eigenvalue weighted by atomic mass is 9.93. The minimum Gasteiger partial charge on any atom is -0.497 e. The molecule has 7 heteroatoms. The van der Waals surface area contributed by atoms with E-state index in [9.17, 15) is 0 Å². The Morgan fingerprint density at radius 3 is 2.69 bits per heavy atom. The molecule has 3 aromatic rings. The maximum atomic E-state index is 5.35. The van der Waals surface area contributed by atoms with Crippen molar-refractivity contribution in [3.05, 3.63) is 41.7 Å². The summed E-state index contributed by atoms with van der Waals surface area (Å²) in [5, 5.41) is 8.96. The lowest BCUT2D eigenvalue weighted by Crippen LogP contribution is -2.26. The molecule has 6 nitrogen and oxygen atoms in total. The molecule has 1 aromatic carbocycles. The van der Waals surface area contributed by atoms with E-state index in [-0.39, 0.29) is 11.5 Å². The lowest BCUT2D eigenvalue weighted by molar-refractivity contribution is 0.310. The fourth-order valence-electron chi connectivity index (χ4n) is 2.76. The van der Waals surface area contributed by atoms with Crippen LogP contribution in [0.1, 0.15) is 38.1 Å². The molecule has 2 heterocycles. The van der Waals surface area contributed by atoms with Gasteiger partial charge < -0.3 is 15.0 Å². The van der Waals surface area contributed by atoms with Gasteiger partial charge in [0.1, 0.15) is 5.75 Å². The highest BCUT2D eigenvalue weighted by Crippen LogP contribution is 2.27. The maximum Gasteiger partial charge on any atom is 0.214 e. The van der Waals surface area contributed by atoms with Crippen molar-refractivity contribution in [3.63, 3.8) is 0 Å². The molecule has 1 atom stereocenters. The molecule has 0 saturated carbocycles. The van der Waals surface area contributed by atoms with Gasteiger partial charge in [-0.3, -0.25) is 0 Å². The van der Waals surface area contributed by atoms with Gasteiger partial charge in [-0.25, -0.2) is 9.50 Å². The first-order valence-corrected chi connectivity index (χ1v) is 9.50. The molecule has 1 unspecified atom stereocenters. The molecule has 3 rings (SSSR count). The summed E-state index contributed by atoms with van der Waals surface area (Å²) in [7, 11) is 5.85. The Kier molecular flexibility index (Phi) is 5.20. The summed E-state index contributed by atoms with van der Waals surface area (Å²) < 4.78 is 7.22. The zero-order valence-electron chi connectivity index (χ0n) is 16.3. The largest absolute Gasteiger partial charge is 0.497 e. The van der Waals surface area contributed by atoms with Crippen LogP contribution in [0.3, 0.4) is 0 Å². The van der Waals surface area contributed by atoms with E-state index in [1.54, 1.807) is 18.4 Å². The van der Waals surface area contributed by atoms with E-state index in [2.05, 4.69) is 62.3 Å². The molecule has 0 saturated heterocycles. The molecule has 140 valence electrons. The second kappa shape index (κ2) is 7.25. The first-order chi connectivity index (χ1) is 12.3. The molecule has 0 spiro atoms. The van der Waals surface area contributed by atoms with Gasteiger partial charge in [-0.2, -0.15) is 0 Å². The number of likely N-dealkylation sites (N-methyl/N-ethyl adjacent to an activating group) is 1. The van der Waals surface area contributed by atoms with Gasteiger partial charge in [-0.05, 0) is 31.8 Å². The van der Waals surface area contributed by atoms with Crippen molar-refractivity contribution < 1.29 is 4.74 Å². The van der Waals surface area contributed by atoms with Gasteiger partial charge in [0, 0.05) is 12.0 Å². The van der Waals surface area contributed by atoms with Crippen molar-refractivity contribution in [1.82, 2.24) is 19.5 Å². The van der Waals surface area contributed by atoms with Gasteiger partial charge in [0.15, 0.2) is 0 Å². The van der Waals surface area contributed by atoms with Crippen molar-refractivity contribution in [2.75, 3.05) is 33.1 Å². The van der Waals surface area contributed by atoms with Gasteiger partial charge in [-0.1, -0.05) is 44.2 Å². The van der Waals surface area contributed by atoms with E-state index in [1.807, 2.05) is 22.8 Å². The second-order valence-electron chi connectivity index (χ2n) is 7.65. The summed E-state index contributed by atoms with van der Waals surface area (Å²) in [5.74, 6) is 0.872. The molecule has 1 N–H and O–H groups in total. The van der Waals surface area contributed by atoms with Gasteiger partial charge >= 0.3 is 0 Å². The normalized spacial score (nSPS) is 13.3. The molecule has 26 heavy (non-hydrogen) atoms. The van der Waals surface area contributed by atoms with Crippen LogP contribution in [-0.2, 0) is 5.41 Å². The van der Waals surface area contributed by atoms with Crippen LogP contribution in [0.2, 0.25) is 0 Å². The topological polar surface area (TPSA) is 54.7 Å². The van der Waals surface area contributed by atoms with Crippen molar-refractivity contribution in [2.24, 2.45) is 0 Å². The number of benzene rings is 1. The maximum absolute atomic E-state index is 5.35. The Hall–Kier alpha value is -2.12. The molecule has 0 aliphatic heterocycles. The summed E-state index contributed by atoms with van der Waals surface area (Å²) in [6.45, 7) is 7.24. The molecular weight excluding hydrogens is 346 g/mol. The van der Waals surface area contributed by atoms with Crippen molar-refractivity contribution in [1.29, 1.82) is 0 Å². The van der Waals surface area contributed by atoms with Crippen LogP contribution in [0.5, 0.6) is 5.75 Å². The monoisotopic (exact) mass is 373 g/mol. The zero-order chi connectivity index (χ0) is 18.9. The molecule has 0 radical (unpaired) electrons. The highest BCUT2D eigenvalue weighted by Gasteiger charge is 2.20. The van der Waals surface area contributed by atoms with E-state index in [1.165, 1.54) is 5.56 Å². The Bertz CT molecular complexity index is 846. The fraction of sp³-hybridized carbons (Fsp3) is 0.474. The summed E-state index contributed by atoms with van der Waals surface area (Å²) in [6.07, 6.45) is 2.02. The minimum absolute atomic E-state index is 0.0311. The number of nitrogens with one attached hydrogen (secondary N) is 1. The first kappa shape index (κ1) is 18.7. The number of rotatable bonds is 6. The summed E-state index contributed by atoms with van der Waals surface area (Å²) >= 11 is 1.58. The number of imidazole rings is 1. The molecule has 2 aromatic heterocycles. The second-order valence-corrected chi connectivity index (χ2v) is 8.60. The Morgan fingerprint density at radius 2 is 2.08 bits per heavy atom. The smallest absolute Gasteiger partial charge is 0.214 e. The third-order valence-corrected chi connectivity index (χ3v) is 5.24. The number of hydrogen-bond acceptors (Lipinski definition) is 6. The SMILES string of the molecule is COc1cccc(C(CNc2nn3cc(C(C)(C)C)nc3s2)N(C)C)c1.